The molecular weight excluding hydrogens is 649 g/mol. The quantitative estimate of drug-likeness (QED) is 0.163. The van der Waals surface area contributed by atoms with Crippen molar-refractivity contribution in [3.05, 3.63) is 156 Å². The number of thiophene rings is 2. The Hall–Kier alpha value is -6.44. The highest BCUT2D eigenvalue weighted by molar-refractivity contribution is 7.26. The van der Waals surface area contributed by atoms with E-state index in [0.717, 1.165) is 43.3 Å². The van der Waals surface area contributed by atoms with Crippen molar-refractivity contribution in [2.75, 3.05) is 0 Å². The summed E-state index contributed by atoms with van der Waals surface area (Å²) in [6, 6.07) is 47.4. The molecule has 0 unspecified atom stereocenters. The van der Waals surface area contributed by atoms with E-state index in [0.29, 0.717) is 11.4 Å². The minimum atomic E-state index is 0.650. The van der Waals surface area contributed by atoms with Gasteiger partial charge in [-0.3, -0.25) is 0 Å². The fraction of sp³-hybridized carbons (Fsp3) is 0. The smallest absolute Gasteiger partial charge is 0.204 e. The number of rotatable bonds is 2. The third-order valence-corrected chi connectivity index (χ3v) is 12.5. The highest BCUT2D eigenvalue weighted by Gasteiger charge is 2.20. The van der Waals surface area contributed by atoms with Gasteiger partial charge >= 0.3 is 0 Å². The molecule has 0 saturated heterocycles. The lowest BCUT2D eigenvalue weighted by atomic mass is 10.1. The number of para-hydroxylation sites is 2. The number of hydrogen-bond donors (Lipinski definition) is 0. The molecule has 6 heteroatoms. The maximum atomic E-state index is 7.83. The van der Waals surface area contributed by atoms with E-state index in [1.807, 2.05) is 35.6 Å². The summed E-state index contributed by atoms with van der Waals surface area (Å²) in [6.07, 6.45) is 0. The molecule has 0 amide bonds. The fourth-order valence-electron chi connectivity index (χ4n) is 8.02. The number of nitrogens with zero attached hydrogens (tertiary/aromatic N) is 4. The largest absolute Gasteiger partial charge is 0.309 e. The lowest BCUT2D eigenvalue weighted by molar-refractivity contribution is 1.19. The van der Waals surface area contributed by atoms with E-state index >= 15 is 0 Å². The molecule has 4 nitrogen and oxygen atoms in total. The molecule has 0 bridgehead atoms. The van der Waals surface area contributed by atoms with Gasteiger partial charge in [0.1, 0.15) is 0 Å². The molecule has 0 aliphatic heterocycles. The first-order valence-corrected chi connectivity index (χ1v) is 18.0. The van der Waals surface area contributed by atoms with Gasteiger partial charge in [-0.25, -0.2) is 9.69 Å². The van der Waals surface area contributed by atoms with Crippen LogP contribution in [0.4, 0.5) is 11.4 Å². The number of aromatic nitrogens is 2. The van der Waals surface area contributed by atoms with Crippen molar-refractivity contribution in [1.29, 1.82) is 0 Å². The number of benzene rings is 7. The molecule has 7 aromatic carbocycles. The molecule has 0 radical (unpaired) electrons. The molecule has 4 heterocycles. The highest BCUT2D eigenvalue weighted by Crippen LogP contribution is 2.46. The van der Waals surface area contributed by atoms with Crippen LogP contribution in [0.5, 0.6) is 0 Å². The lowest BCUT2D eigenvalue weighted by Gasteiger charge is -2.10. The van der Waals surface area contributed by atoms with Crippen molar-refractivity contribution in [1.82, 2.24) is 9.13 Å². The van der Waals surface area contributed by atoms with Crippen LogP contribution in [-0.2, 0) is 0 Å². The van der Waals surface area contributed by atoms with Crippen molar-refractivity contribution in [3.63, 3.8) is 0 Å². The zero-order chi connectivity index (χ0) is 33.1. The predicted octanol–water partition coefficient (Wildman–Crippen LogP) is 13.7. The summed E-state index contributed by atoms with van der Waals surface area (Å²) in [6.45, 7) is 15.4. The first-order valence-electron chi connectivity index (χ1n) is 16.3. The van der Waals surface area contributed by atoms with Gasteiger partial charge < -0.3 is 9.13 Å². The van der Waals surface area contributed by atoms with E-state index in [9.17, 15) is 0 Å². The van der Waals surface area contributed by atoms with Gasteiger partial charge in [0.2, 0.25) is 5.69 Å². The average Bonchev–Trinajstić information content (AvgIpc) is 3.91. The Labute approximate surface area is 293 Å². The molecule has 0 fully saturated rings. The molecule has 50 heavy (non-hydrogen) atoms. The first kappa shape index (κ1) is 27.5. The third kappa shape index (κ3) is 3.61. The minimum Gasteiger partial charge on any atom is -0.309 e. The predicted molar refractivity (Wildman–Crippen MR) is 213 cm³/mol. The van der Waals surface area contributed by atoms with E-state index in [4.69, 9.17) is 13.1 Å². The van der Waals surface area contributed by atoms with Gasteiger partial charge in [0, 0.05) is 62.5 Å². The second-order valence-corrected chi connectivity index (χ2v) is 14.8. The van der Waals surface area contributed by atoms with Crippen molar-refractivity contribution in [2.24, 2.45) is 0 Å². The van der Waals surface area contributed by atoms with Crippen LogP contribution in [0.1, 0.15) is 0 Å². The van der Waals surface area contributed by atoms with Crippen LogP contribution in [-0.4, -0.2) is 9.13 Å². The van der Waals surface area contributed by atoms with Gasteiger partial charge in [-0.05, 0) is 77.5 Å². The van der Waals surface area contributed by atoms with E-state index in [1.165, 1.54) is 52.1 Å². The Balaban J connectivity index is 1.20. The Morgan fingerprint density at radius 3 is 1.82 bits per heavy atom. The molecule has 11 rings (SSSR count). The third-order valence-electron chi connectivity index (χ3n) is 10.1. The Morgan fingerprint density at radius 2 is 1.08 bits per heavy atom. The molecule has 230 valence electrons. The summed E-state index contributed by atoms with van der Waals surface area (Å²) in [5.74, 6) is 0. The maximum absolute atomic E-state index is 7.83. The van der Waals surface area contributed by atoms with Crippen molar-refractivity contribution in [3.8, 4) is 11.4 Å². The lowest BCUT2D eigenvalue weighted by Crippen LogP contribution is -1.94. The van der Waals surface area contributed by atoms with Gasteiger partial charge in [0.25, 0.3) is 0 Å². The molecule has 0 saturated carbocycles. The summed E-state index contributed by atoms with van der Waals surface area (Å²) in [7, 11) is 0. The van der Waals surface area contributed by atoms with Crippen LogP contribution in [0.25, 0.3) is 105 Å². The normalized spacial score (nSPS) is 12.0. The summed E-state index contributed by atoms with van der Waals surface area (Å²) < 4.78 is 9.49. The van der Waals surface area contributed by atoms with Gasteiger partial charge in [-0.1, -0.05) is 66.7 Å². The van der Waals surface area contributed by atoms with E-state index in [2.05, 4.69) is 128 Å². The van der Waals surface area contributed by atoms with Crippen LogP contribution in [0, 0.1) is 13.1 Å². The Bertz CT molecular complexity index is 3360. The van der Waals surface area contributed by atoms with E-state index < -0.39 is 0 Å². The first-order chi connectivity index (χ1) is 24.7. The van der Waals surface area contributed by atoms with Gasteiger partial charge in [-0.2, -0.15) is 0 Å². The molecule has 0 aliphatic rings. The van der Waals surface area contributed by atoms with Crippen LogP contribution in [0.3, 0.4) is 0 Å². The molecule has 4 aromatic heterocycles. The summed E-state index contributed by atoms with van der Waals surface area (Å²) in [5, 5.41) is 9.46. The SMILES string of the molecule is [C-]#[N+]c1ccc2c(c1)c1ccccc1n2-c1ccc2sc3ccc(-n4c5ccccc5c5ccc6sc7c([N+]#[C-])cccc7c6c54)cc3c2c1. The van der Waals surface area contributed by atoms with Crippen molar-refractivity contribution in [2.45, 2.75) is 0 Å². The van der Waals surface area contributed by atoms with Crippen LogP contribution in [0.2, 0.25) is 0 Å². The summed E-state index contributed by atoms with van der Waals surface area (Å²) >= 11 is 3.53. The van der Waals surface area contributed by atoms with Crippen LogP contribution < -0.4 is 0 Å². The Morgan fingerprint density at radius 1 is 0.440 bits per heavy atom. The van der Waals surface area contributed by atoms with Crippen molar-refractivity contribution < 1.29 is 0 Å². The second-order valence-electron chi connectivity index (χ2n) is 12.7. The fourth-order valence-corrected chi connectivity index (χ4v) is 10.2. The van der Waals surface area contributed by atoms with Gasteiger partial charge in [0.15, 0.2) is 5.69 Å². The highest BCUT2D eigenvalue weighted by atomic mass is 32.1. The second kappa shape index (κ2) is 10.0. The summed E-state index contributed by atoms with van der Waals surface area (Å²) in [5.41, 5.74) is 8.14. The zero-order valence-electron chi connectivity index (χ0n) is 26.3. The molecule has 11 aromatic rings. The number of fused-ring (bicyclic) bond motifs is 13. The van der Waals surface area contributed by atoms with Gasteiger partial charge in [0.05, 0.1) is 35.2 Å². The number of hydrogen-bond acceptors (Lipinski definition) is 2. The topological polar surface area (TPSA) is 18.6 Å². The van der Waals surface area contributed by atoms with E-state index in [1.54, 1.807) is 11.3 Å². The van der Waals surface area contributed by atoms with Crippen LogP contribution in [0.15, 0.2) is 133 Å². The molecular formula is C44H22N4S2. The maximum Gasteiger partial charge on any atom is 0.204 e. The molecule has 0 atom stereocenters. The monoisotopic (exact) mass is 670 g/mol. The zero-order valence-corrected chi connectivity index (χ0v) is 27.9. The molecule has 0 aliphatic carbocycles. The van der Waals surface area contributed by atoms with Crippen LogP contribution >= 0.6 is 22.7 Å². The standard InChI is InChI=1S/C44H22N4S2/c1-45-25-14-18-38-32(22-25)29-9-4-5-12-36(29)47(38)26-15-19-39-33(23-26)34-24-27(16-20-40(34)49-39)48-37-13-6-3-8-28(37)30-17-21-41-42(43(30)48)31-10-7-11-35(46-2)44(31)50-41/h3-24H. The van der Waals surface area contributed by atoms with E-state index in [-0.39, 0.29) is 0 Å². The molecule has 0 spiro atoms. The Kier molecular flexibility index (Phi) is 5.52. The summed E-state index contributed by atoms with van der Waals surface area (Å²) in [4.78, 5) is 7.57. The van der Waals surface area contributed by atoms with Gasteiger partial charge in [-0.15, -0.1) is 22.7 Å². The van der Waals surface area contributed by atoms with Crippen molar-refractivity contribution >= 4 is 118 Å². The molecule has 0 N–H and O–H groups in total. The average molecular weight is 671 g/mol. The minimum absolute atomic E-state index is 0.650.